The SMILES string of the molecule is OC1=C(c2ccccc2)C[n+]2ccccc21. The Hall–Kier alpha value is -2.09. The molecule has 78 valence electrons. The van der Waals surface area contributed by atoms with E-state index in [1.807, 2.05) is 54.7 Å². The number of hydrogen-bond acceptors (Lipinski definition) is 1. The maximum Gasteiger partial charge on any atom is 0.248 e. The summed E-state index contributed by atoms with van der Waals surface area (Å²) in [6.07, 6.45) is 1.99. The van der Waals surface area contributed by atoms with E-state index < -0.39 is 0 Å². The van der Waals surface area contributed by atoms with Crippen molar-refractivity contribution in [2.24, 2.45) is 0 Å². The minimum atomic E-state index is 0.395. The lowest BCUT2D eigenvalue weighted by Crippen LogP contribution is -2.33. The van der Waals surface area contributed by atoms with Crippen LogP contribution in [0.15, 0.2) is 54.7 Å². The zero-order chi connectivity index (χ0) is 11.0. The quantitative estimate of drug-likeness (QED) is 0.718. The molecule has 0 radical (unpaired) electrons. The van der Waals surface area contributed by atoms with Crippen molar-refractivity contribution in [3.8, 4) is 0 Å². The average molecular weight is 210 g/mol. The monoisotopic (exact) mass is 210 g/mol. The van der Waals surface area contributed by atoms with Gasteiger partial charge in [-0.3, -0.25) is 0 Å². The van der Waals surface area contributed by atoms with Gasteiger partial charge in [-0.1, -0.05) is 30.3 Å². The lowest BCUT2D eigenvalue weighted by atomic mass is 10.1. The standard InChI is InChI=1S/C14H11NO/c16-14-12(11-6-2-1-3-7-11)10-15-9-5-4-8-13(14)15/h1-9H,10H2/p+1. The molecule has 2 heteroatoms. The predicted octanol–water partition coefficient (Wildman–Crippen LogP) is 2.41. The van der Waals surface area contributed by atoms with E-state index in [-0.39, 0.29) is 0 Å². The van der Waals surface area contributed by atoms with Gasteiger partial charge < -0.3 is 5.11 Å². The first-order valence-electron chi connectivity index (χ1n) is 5.32. The molecule has 0 bridgehead atoms. The number of aliphatic hydroxyl groups excluding tert-OH is 1. The molecule has 0 saturated heterocycles. The van der Waals surface area contributed by atoms with Gasteiger partial charge in [-0.15, -0.1) is 0 Å². The van der Waals surface area contributed by atoms with Crippen molar-refractivity contribution in [1.82, 2.24) is 0 Å². The molecular weight excluding hydrogens is 198 g/mol. The Balaban J connectivity index is 2.11. The van der Waals surface area contributed by atoms with Crippen LogP contribution in [0.1, 0.15) is 11.3 Å². The molecule has 0 atom stereocenters. The molecule has 2 nitrogen and oxygen atoms in total. The van der Waals surface area contributed by atoms with Crippen LogP contribution in [0.3, 0.4) is 0 Å². The van der Waals surface area contributed by atoms with Crippen LogP contribution in [0.25, 0.3) is 11.3 Å². The normalized spacial score (nSPS) is 14.0. The first-order chi connectivity index (χ1) is 7.86. The second-order valence-corrected chi connectivity index (χ2v) is 3.91. The molecule has 1 aliphatic rings. The van der Waals surface area contributed by atoms with E-state index in [1.54, 1.807) is 0 Å². The molecule has 0 unspecified atom stereocenters. The molecule has 2 heterocycles. The lowest BCUT2D eigenvalue weighted by molar-refractivity contribution is -0.683. The van der Waals surface area contributed by atoms with Gasteiger partial charge in [0.05, 0.1) is 5.57 Å². The van der Waals surface area contributed by atoms with Gasteiger partial charge in [0.1, 0.15) is 0 Å². The zero-order valence-corrected chi connectivity index (χ0v) is 8.80. The molecule has 1 aromatic carbocycles. The third-order valence-corrected chi connectivity index (χ3v) is 2.92. The number of allylic oxidation sites excluding steroid dienone is 1. The van der Waals surface area contributed by atoms with Crippen molar-refractivity contribution in [2.45, 2.75) is 6.54 Å². The van der Waals surface area contributed by atoms with E-state index >= 15 is 0 Å². The van der Waals surface area contributed by atoms with Gasteiger partial charge in [0.15, 0.2) is 18.5 Å². The second-order valence-electron chi connectivity index (χ2n) is 3.91. The fourth-order valence-electron chi connectivity index (χ4n) is 2.10. The molecule has 1 aliphatic heterocycles. The Bertz CT molecular complexity index is 558. The molecule has 1 N–H and O–H groups in total. The van der Waals surface area contributed by atoms with E-state index in [2.05, 4.69) is 4.57 Å². The van der Waals surface area contributed by atoms with Gasteiger partial charge in [-0.2, -0.15) is 4.57 Å². The summed E-state index contributed by atoms with van der Waals surface area (Å²) in [7, 11) is 0. The van der Waals surface area contributed by atoms with Crippen molar-refractivity contribution in [3.05, 3.63) is 66.0 Å². The molecule has 0 aliphatic carbocycles. The van der Waals surface area contributed by atoms with E-state index in [0.29, 0.717) is 5.76 Å². The smallest absolute Gasteiger partial charge is 0.248 e. The minimum Gasteiger partial charge on any atom is -0.502 e. The Morgan fingerprint density at radius 3 is 2.44 bits per heavy atom. The lowest BCUT2D eigenvalue weighted by Gasteiger charge is -1.97. The maximum absolute atomic E-state index is 10.2. The Morgan fingerprint density at radius 2 is 1.69 bits per heavy atom. The van der Waals surface area contributed by atoms with Crippen molar-refractivity contribution < 1.29 is 9.67 Å². The van der Waals surface area contributed by atoms with Crippen LogP contribution in [-0.2, 0) is 6.54 Å². The molecule has 0 amide bonds. The number of pyridine rings is 1. The van der Waals surface area contributed by atoms with E-state index in [0.717, 1.165) is 23.4 Å². The summed E-state index contributed by atoms with van der Waals surface area (Å²) < 4.78 is 2.05. The van der Waals surface area contributed by atoms with Crippen molar-refractivity contribution in [1.29, 1.82) is 0 Å². The number of hydrogen-bond donors (Lipinski definition) is 1. The van der Waals surface area contributed by atoms with Crippen LogP contribution in [0, 0.1) is 0 Å². The van der Waals surface area contributed by atoms with Gasteiger partial charge in [0.2, 0.25) is 5.69 Å². The maximum atomic E-state index is 10.2. The summed E-state index contributed by atoms with van der Waals surface area (Å²) in [5.74, 6) is 0.395. The highest BCUT2D eigenvalue weighted by Crippen LogP contribution is 2.27. The number of aromatic nitrogens is 1. The molecule has 1 aromatic heterocycles. The van der Waals surface area contributed by atoms with Crippen molar-refractivity contribution in [3.63, 3.8) is 0 Å². The number of rotatable bonds is 1. The van der Waals surface area contributed by atoms with Crippen LogP contribution in [0.2, 0.25) is 0 Å². The van der Waals surface area contributed by atoms with E-state index in [1.165, 1.54) is 0 Å². The molecular formula is C14H12NO+. The average Bonchev–Trinajstić information content (AvgIpc) is 2.69. The van der Waals surface area contributed by atoms with Crippen LogP contribution >= 0.6 is 0 Å². The third-order valence-electron chi connectivity index (χ3n) is 2.92. The van der Waals surface area contributed by atoms with Gasteiger partial charge in [0, 0.05) is 12.1 Å². The topological polar surface area (TPSA) is 24.1 Å². The summed E-state index contributed by atoms with van der Waals surface area (Å²) in [5, 5.41) is 10.2. The summed E-state index contributed by atoms with van der Waals surface area (Å²) in [6, 6.07) is 15.9. The highest BCUT2D eigenvalue weighted by Gasteiger charge is 2.28. The number of aliphatic hydroxyl groups is 1. The molecule has 3 rings (SSSR count). The summed E-state index contributed by atoms with van der Waals surface area (Å²) in [5.41, 5.74) is 2.97. The minimum absolute atomic E-state index is 0.395. The number of nitrogens with zero attached hydrogens (tertiary/aromatic N) is 1. The molecule has 0 spiro atoms. The van der Waals surface area contributed by atoms with E-state index in [4.69, 9.17) is 0 Å². The summed E-state index contributed by atoms with van der Waals surface area (Å²) >= 11 is 0. The van der Waals surface area contributed by atoms with Gasteiger partial charge >= 0.3 is 0 Å². The van der Waals surface area contributed by atoms with Crippen molar-refractivity contribution in [2.75, 3.05) is 0 Å². The zero-order valence-electron chi connectivity index (χ0n) is 8.80. The second kappa shape index (κ2) is 3.49. The summed E-state index contributed by atoms with van der Waals surface area (Å²) in [6.45, 7) is 0.742. The highest BCUT2D eigenvalue weighted by molar-refractivity contribution is 5.86. The summed E-state index contributed by atoms with van der Waals surface area (Å²) in [4.78, 5) is 0. The van der Waals surface area contributed by atoms with Gasteiger partial charge in [0.25, 0.3) is 0 Å². The van der Waals surface area contributed by atoms with Gasteiger partial charge in [-0.05, 0) is 11.6 Å². The Labute approximate surface area is 94.1 Å². The largest absolute Gasteiger partial charge is 0.502 e. The first-order valence-corrected chi connectivity index (χ1v) is 5.32. The number of fused-ring (bicyclic) bond motifs is 1. The first kappa shape index (κ1) is 9.16. The molecule has 2 aromatic rings. The van der Waals surface area contributed by atoms with Crippen LogP contribution in [0.4, 0.5) is 0 Å². The molecule has 16 heavy (non-hydrogen) atoms. The molecule has 0 saturated carbocycles. The van der Waals surface area contributed by atoms with E-state index in [9.17, 15) is 5.11 Å². The van der Waals surface area contributed by atoms with Gasteiger partial charge in [-0.25, -0.2) is 0 Å². The Morgan fingerprint density at radius 1 is 0.938 bits per heavy atom. The third kappa shape index (κ3) is 1.31. The van der Waals surface area contributed by atoms with Crippen LogP contribution in [-0.4, -0.2) is 5.11 Å². The number of benzene rings is 1. The molecule has 0 fully saturated rings. The van der Waals surface area contributed by atoms with Crippen molar-refractivity contribution >= 4 is 11.3 Å². The fourth-order valence-corrected chi connectivity index (χ4v) is 2.10. The predicted molar refractivity (Wildman–Crippen MR) is 62.5 cm³/mol. The van der Waals surface area contributed by atoms with Crippen LogP contribution in [0.5, 0.6) is 0 Å². The highest BCUT2D eigenvalue weighted by atomic mass is 16.3. The Kier molecular flexibility index (Phi) is 2.00. The fraction of sp³-hybridized carbons (Fsp3) is 0.0714. The van der Waals surface area contributed by atoms with Crippen LogP contribution < -0.4 is 4.57 Å².